The fraction of sp³-hybridized carbons (Fsp3) is 0.448. The Morgan fingerprint density at radius 3 is 2.51 bits per heavy atom. The van der Waals surface area contributed by atoms with E-state index >= 15 is 0 Å². The monoisotopic (exact) mass is 599 g/mol. The minimum absolute atomic E-state index is 0.0767. The second-order valence-corrected chi connectivity index (χ2v) is 12.6. The van der Waals surface area contributed by atoms with Crippen LogP contribution >= 0.6 is 11.8 Å². The van der Waals surface area contributed by atoms with Crippen molar-refractivity contribution in [1.29, 1.82) is 0 Å². The van der Waals surface area contributed by atoms with Crippen LogP contribution in [-0.4, -0.2) is 82.8 Å². The molecule has 0 radical (unpaired) electrons. The SMILES string of the molecule is CCOC(=O)[C@@H]1CCCN(C(=O)CSc2nnc(-c3cccc(S(=O)(=O)N(CC)CC)c3)n2Cc2ccccc2)C1. The zero-order valence-electron chi connectivity index (χ0n) is 23.7. The number of hydrogen-bond donors (Lipinski definition) is 0. The molecule has 0 aliphatic carbocycles. The molecule has 1 aliphatic rings. The summed E-state index contributed by atoms with van der Waals surface area (Å²) in [6.45, 7) is 7.88. The third-order valence-electron chi connectivity index (χ3n) is 7.05. The number of sulfonamides is 1. The summed E-state index contributed by atoms with van der Waals surface area (Å²) in [7, 11) is -3.66. The molecule has 10 nitrogen and oxygen atoms in total. The lowest BCUT2D eigenvalue weighted by Gasteiger charge is -2.31. The van der Waals surface area contributed by atoms with Gasteiger partial charge in [0.05, 0.1) is 29.7 Å². The third-order valence-corrected chi connectivity index (χ3v) is 10.1. The van der Waals surface area contributed by atoms with Crippen molar-refractivity contribution >= 4 is 33.7 Å². The van der Waals surface area contributed by atoms with Gasteiger partial charge in [0, 0.05) is 31.7 Å². The zero-order chi connectivity index (χ0) is 29.4. The van der Waals surface area contributed by atoms with Crippen LogP contribution in [0.3, 0.4) is 0 Å². The number of carbonyl (C=O) groups is 2. The molecule has 12 heteroatoms. The Labute approximate surface area is 246 Å². The van der Waals surface area contributed by atoms with Crippen LogP contribution in [0, 0.1) is 5.92 Å². The molecule has 0 saturated carbocycles. The van der Waals surface area contributed by atoms with Gasteiger partial charge >= 0.3 is 5.97 Å². The van der Waals surface area contributed by atoms with Gasteiger partial charge in [-0.2, -0.15) is 4.31 Å². The van der Waals surface area contributed by atoms with E-state index in [0.29, 0.717) is 62.3 Å². The highest BCUT2D eigenvalue weighted by atomic mass is 32.2. The van der Waals surface area contributed by atoms with E-state index in [1.807, 2.05) is 54.8 Å². The van der Waals surface area contributed by atoms with Gasteiger partial charge in [-0.15, -0.1) is 10.2 Å². The molecule has 220 valence electrons. The summed E-state index contributed by atoms with van der Waals surface area (Å²) >= 11 is 1.28. The first-order valence-electron chi connectivity index (χ1n) is 13.9. The molecule has 1 aliphatic heterocycles. The predicted octanol–water partition coefficient (Wildman–Crippen LogP) is 3.92. The van der Waals surface area contributed by atoms with Gasteiger partial charge in [-0.25, -0.2) is 8.42 Å². The standard InChI is InChI=1S/C29H37N5O5S2/c1-4-33(5-2)41(37,38)25-16-10-14-23(18-25)27-30-31-29(34(27)19-22-12-8-7-9-13-22)40-21-26(35)32-17-11-15-24(20-32)28(36)39-6-3/h7-10,12-14,16,18,24H,4-6,11,15,17,19-21H2,1-3H3/t24-/m1/s1. The average Bonchev–Trinajstić information content (AvgIpc) is 3.39. The van der Waals surface area contributed by atoms with Gasteiger partial charge in [-0.1, -0.05) is 68.1 Å². The summed E-state index contributed by atoms with van der Waals surface area (Å²) < 4.78 is 34.9. The van der Waals surface area contributed by atoms with Crippen molar-refractivity contribution in [1.82, 2.24) is 24.0 Å². The van der Waals surface area contributed by atoms with Crippen molar-refractivity contribution < 1.29 is 22.7 Å². The molecule has 4 rings (SSSR count). The van der Waals surface area contributed by atoms with Crippen LogP contribution in [0.15, 0.2) is 64.6 Å². The van der Waals surface area contributed by atoms with Crippen LogP contribution < -0.4 is 0 Å². The van der Waals surface area contributed by atoms with Gasteiger partial charge in [-0.05, 0) is 37.5 Å². The molecule has 3 aromatic rings. The van der Waals surface area contributed by atoms with E-state index in [-0.39, 0.29) is 28.4 Å². The quantitative estimate of drug-likeness (QED) is 0.227. The molecule has 1 amide bonds. The maximum atomic E-state index is 13.2. The summed E-state index contributed by atoms with van der Waals surface area (Å²) in [4.78, 5) is 27.3. The molecule has 1 fully saturated rings. The Morgan fingerprint density at radius 1 is 1.05 bits per heavy atom. The Balaban J connectivity index is 1.59. The Bertz CT molecular complexity index is 1440. The van der Waals surface area contributed by atoms with E-state index < -0.39 is 10.0 Å². The highest BCUT2D eigenvalue weighted by Gasteiger charge is 2.30. The van der Waals surface area contributed by atoms with Crippen LogP contribution in [0.5, 0.6) is 0 Å². The second kappa shape index (κ2) is 14.1. The van der Waals surface area contributed by atoms with Gasteiger partial charge in [0.25, 0.3) is 0 Å². The maximum absolute atomic E-state index is 13.2. The van der Waals surface area contributed by atoms with E-state index in [1.165, 1.54) is 16.1 Å². The number of hydrogen-bond acceptors (Lipinski definition) is 8. The van der Waals surface area contributed by atoms with Crippen LogP contribution in [0.2, 0.25) is 0 Å². The van der Waals surface area contributed by atoms with Gasteiger partial charge in [0.1, 0.15) is 0 Å². The van der Waals surface area contributed by atoms with Crippen molar-refractivity contribution in [3.05, 3.63) is 60.2 Å². The number of nitrogens with zero attached hydrogens (tertiary/aromatic N) is 5. The van der Waals surface area contributed by atoms with E-state index in [2.05, 4.69) is 10.2 Å². The minimum Gasteiger partial charge on any atom is -0.466 e. The van der Waals surface area contributed by atoms with Gasteiger partial charge < -0.3 is 9.64 Å². The van der Waals surface area contributed by atoms with Gasteiger partial charge in [0.15, 0.2) is 11.0 Å². The lowest BCUT2D eigenvalue weighted by molar-refractivity contribution is -0.151. The molecule has 0 unspecified atom stereocenters. The Morgan fingerprint density at radius 2 is 1.80 bits per heavy atom. The summed E-state index contributed by atoms with van der Waals surface area (Å²) in [5.74, 6) is 0.0210. The fourth-order valence-corrected chi connectivity index (χ4v) is 7.24. The molecule has 2 heterocycles. The number of thioether (sulfide) groups is 1. The smallest absolute Gasteiger partial charge is 0.310 e. The van der Waals surface area contributed by atoms with E-state index in [1.54, 1.807) is 30.0 Å². The zero-order valence-corrected chi connectivity index (χ0v) is 25.4. The number of likely N-dealkylation sites (tertiary alicyclic amines) is 1. The summed E-state index contributed by atoms with van der Waals surface area (Å²) in [6.07, 6.45) is 1.47. The van der Waals surface area contributed by atoms with Crippen molar-refractivity contribution in [2.45, 2.75) is 50.2 Å². The number of esters is 1. The minimum atomic E-state index is -3.66. The molecule has 0 bridgehead atoms. The number of carbonyl (C=O) groups excluding carboxylic acids is 2. The number of aromatic nitrogens is 3. The van der Waals surface area contributed by atoms with Crippen molar-refractivity contribution in [3.63, 3.8) is 0 Å². The van der Waals surface area contributed by atoms with E-state index in [0.717, 1.165) is 12.0 Å². The van der Waals surface area contributed by atoms with Crippen molar-refractivity contribution in [3.8, 4) is 11.4 Å². The fourth-order valence-electron chi connectivity index (χ4n) is 4.90. The lowest BCUT2D eigenvalue weighted by atomic mass is 9.98. The maximum Gasteiger partial charge on any atom is 0.310 e. The van der Waals surface area contributed by atoms with E-state index in [9.17, 15) is 18.0 Å². The largest absolute Gasteiger partial charge is 0.466 e. The van der Waals surface area contributed by atoms with Gasteiger partial charge in [0.2, 0.25) is 15.9 Å². The number of benzene rings is 2. The Kier molecular flexibility index (Phi) is 10.6. The third kappa shape index (κ3) is 7.35. The predicted molar refractivity (Wildman–Crippen MR) is 158 cm³/mol. The van der Waals surface area contributed by atoms with Crippen molar-refractivity contribution in [2.24, 2.45) is 5.92 Å². The number of rotatable bonds is 12. The molecular formula is C29H37N5O5S2. The molecule has 41 heavy (non-hydrogen) atoms. The lowest BCUT2D eigenvalue weighted by Crippen LogP contribution is -2.43. The van der Waals surface area contributed by atoms with Crippen LogP contribution in [0.4, 0.5) is 0 Å². The number of piperidine rings is 1. The molecule has 1 saturated heterocycles. The average molecular weight is 600 g/mol. The first-order valence-corrected chi connectivity index (χ1v) is 16.4. The first kappa shape index (κ1) is 30.7. The highest BCUT2D eigenvalue weighted by molar-refractivity contribution is 7.99. The van der Waals surface area contributed by atoms with Gasteiger partial charge in [-0.3, -0.25) is 14.2 Å². The molecular weight excluding hydrogens is 562 g/mol. The molecule has 0 N–H and O–H groups in total. The molecule has 1 atom stereocenters. The molecule has 2 aromatic carbocycles. The highest BCUT2D eigenvalue weighted by Crippen LogP contribution is 2.28. The first-order chi connectivity index (χ1) is 19.8. The second-order valence-electron chi connectivity index (χ2n) is 9.71. The molecule has 0 spiro atoms. The number of ether oxygens (including phenoxy) is 1. The number of amides is 1. The van der Waals surface area contributed by atoms with Crippen molar-refractivity contribution in [2.75, 3.05) is 38.5 Å². The summed E-state index contributed by atoms with van der Waals surface area (Å²) in [6, 6.07) is 16.6. The normalized spacial score (nSPS) is 15.7. The van der Waals surface area contributed by atoms with Crippen LogP contribution in [-0.2, 0) is 30.9 Å². The van der Waals surface area contributed by atoms with Crippen LogP contribution in [0.1, 0.15) is 39.2 Å². The van der Waals surface area contributed by atoms with Crippen LogP contribution in [0.25, 0.3) is 11.4 Å². The topological polar surface area (TPSA) is 115 Å². The summed E-state index contributed by atoms with van der Waals surface area (Å²) in [5, 5.41) is 9.39. The van der Waals surface area contributed by atoms with E-state index in [4.69, 9.17) is 4.74 Å². The Hall–Kier alpha value is -3.22. The molecule has 1 aromatic heterocycles. The summed E-state index contributed by atoms with van der Waals surface area (Å²) in [5.41, 5.74) is 1.63.